The maximum absolute atomic E-state index is 9.84. The van der Waals surface area contributed by atoms with E-state index in [1.807, 2.05) is 0 Å². The molecule has 0 saturated carbocycles. The van der Waals surface area contributed by atoms with Crippen LogP contribution in [0.25, 0.3) is 0 Å². The van der Waals surface area contributed by atoms with Gasteiger partial charge in [0.1, 0.15) is 18.5 Å². The van der Waals surface area contributed by atoms with Gasteiger partial charge in [0, 0.05) is 24.6 Å². The molecule has 0 aliphatic carbocycles. The quantitative estimate of drug-likeness (QED) is 0.810. The first-order valence-electron chi connectivity index (χ1n) is 6.53. The Morgan fingerprint density at radius 3 is 2.75 bits per heavy atom. The van der Waals surface area contributed by atoms with Gasteiger partial charge < -0.3 is 19.9 Å². The summed E-state index contributed by atoms with van der Waals surface area (Å²) in [5, 5.41) is 14.0. The highest BCUT2D eigenvalue weighted by molar-refractivity contribution is 6.42. The molecular weight excluding hydrogens is 301 g/mol. The first kappa shape index (κ1) is 15.9. The standard InChI is InChI=1S/C14H19Cl2NO3/c1-14(8-19-9-14)7-17-5-10(18)6-20-11-2-3-12(15)13(16)4-11/h2-4,10,17-18H,5-9H2,1H3. The molecule has 1 heterocycles. The second-order valence-electron chi connectivity index (χ2n) is 5.48. The molecule has 0 radical (unpaired) electrons. The van der Waals surface area contributed by atoms with Crippen molar-refractivity contribution in [1.82, 2.24) is 5.32 Å². The Morgan fingerprint density at radius 2 is 2.15 bits per heavy atom. The van der Waals surface area contributed by atoms with Crippen LogP contribution in [0, 0.1) is 5.41 Å². The van der Waals surface area contributed by atoms with Gasteiger partial charge in [0.15, 0.2) is 0 Å². The Bertz CT molecular complexity index is 452. The summed E-state index contributed by atoms with van der Waals surface area (Å²) in [6, 6.07) is 5.03. The monoisotopic (exact) mass is 319 g/mol. The molecule has 1 fully saturated rings. The molecule has 1 aliphatic heterocycles. The Balaban J connectivity index is 1.66. The summed E-state index contributed by atoms with van der Waals surface area (Å²) in [5.74, 6) is 0.595. The topological polar surface area (TPSA) is 50.7 Å². The Morgan fingerprint density at radius 1 is 1.40 bits per heavy atom. The molecule has 6 heteroatoms. The number of hydrogen-bond donors (Lipinski definition) is 2. The maximum atomic E-state index is 9.84. The van der Waals surface area contributed by atoms with E-state index in [-0.39, 0.29) is 12.0 Å². The van der Waals surface area contributed by atoms with Gasteiger partial charge in [-0.2, -0.15) is 0 Å². The summed E-state index contributed by atoms with van der Waals surface area (Å²) in [6.07, 6.45) is -0.575. The molecule has 1 aromatic rings. The smallest absolute Gasteiger partial charge is 0.121 e. The van der Waals surface area contributed by atoms with Crippen LogP contribution in [0.4, 0.5) is 0 Å². The lowest BCUT2D eigenvalue weighted by molar-refractivity contribution is -0.0997. The molecule has 112 valence electrons. The molecule has 0 bridgehead atoms. The fourth-order valence-corrected chi connectivity index (χ4v) is 2.20. The van der Waals surface area contributed by atoms with Crippen LogP contribution >= 0.6 is 23.2 Å². The van der Waals surface area contributed by atoms with Crippen LogP contribution in [0.5, 0.6) is 5.75 Å². The van der Waals surface area contributed by atoms with E-state index in [0.717, 1.165) is 19.8 Å². The van der Waals surface area contributed by atoms with Crippen molar-refractivity contribution in [2.75, 3.05) is 32.9 Å². The summed E-state index contributed by atoms with van der Waals surface area (Å²) < 4.78 is 10.6. The average molecular weight is 320 g/mol. The molecule has 4 nitrogen and oxygen atoms in total. The van der Waals surface area contributed by atoms with Gasteiger partial charge in [0.25, 0.3) is 0 Å². The van der Waals surface area contributed by atoms with Crippen molar-refractivity contribution in [2.24, 2.45) is 5.41 Å². The Hall–Kier alpha value is -0.520. The van der Waals surface area contributed by atoms with E-state index in [9.17, 15) is 5.11 Å². The number of ether oxygens (including phenoxy) is 2. The number of benzene rings is 1. The third kappa shape index (κ3) is 4.50. The normalized spacial score (nSPS) is 18.4. The van der Waals surface area contributed by atoms with Crippen LogP contribution < -0.4 is 10.1 Å². The lowest BCUT2D eigenvalue weighted by atomic mass is 9.89. The second-order valence-corrected chi connectivity index (χ2v) is 6.29. The molecule has 0 aromatic heterocycles. The highest BCUT2D eigenvalue weighted by Gasteiger charge is 2.32. The fourth-order valence-electron chi connectivity index (χ4n) is 1.91. The molecular formula is C14H19Cl2NO3. The predicted molar refractivity (Wildman–Crippen MR) is 79.8 cm³/mol. The minimum Gasteiger partial charge on any atom is -0.491 e. The Labute approximate surface area is 129 Å². The first-order valence-corrected chi connectivity index (χ1v) is 7.28. The predicted octanol–water partition coefficient (Wildman–Crippen LogP) is 2.36. The van der Waals surface area contributed by atoms with Gasteiger partial charge in [-0.05, 0) is 12.1 Å². The van der Waals surface area contributed by atoms with E-state index >= 15 is 0 Å². The van der Waals surface area contributed by atoms with Gasteiger partial charge >= 0.3 is 0 Å². The molecule has 2 rings (SSSR count). The summed E-state index contributed by atoms with van der Waals surface area (Å²) in [4.78, 5) is 0. The SMILES string of the molecule is CC1(CNCC(O)COc2ccc(Cl)c(Cl)c2)COC1. The Kier molecular flexibility index (Phi) is 5.52. The zero-order valence-electron chi connectivity index (χ0n) is 11.4. The van der Waals surface area contributed by atoms with Crippen LogP contribution in [0.3, 0.4) is 0 Å². The van der Waals surface area contributed by atoms with Gasteiger partial charge in [0.2, 0.25) is 0 Å². The third-order valence-electron chi connectivity index (χ3n) is 3.17. The lowest BCUT2D eigenvalue weighted by Crippen LogP contribution is -2.48. The van der Waals surface area contributed by atoms with Crippen molar-refractivity contribution in [3.8, 4) is 5.75 Å². The molecule has 0 spiro atoms. The zero-order valence-corrected chi connectivity index (χ0v) is 12.9. The summed E-state index contributed by atoms with van der Waals surface area (Å²) in [6.45, 7) is 5.22. The second kappa shape index (κ2) is 6.96. The van der Waals surface area contributed by atoms with Crippen LogP contribution in [-0.2, 0) is 4.74 Å². The molecule has 1 saturated heterocycles. The molecule has 1 aromatic carbocycles. The summed E-state index contributed by atoms with van der Waals surface area (Å²) in [7, 11) is 0. The van der Waals surface area contributed by atoms with E-state index in [0.29, 0.717) is 22.3 Å². The van der Waals surface area contributed by atoms with Crippen LogP contribution in [0.2, 0.25) is 10.0 Å². The number of aliphatic hydroxyl groups excluding tert-OH is 1. The van der Waals surface area contributed by atoms with Crippen LogP contribution in [0.15, 0.2) is 18.2 Å². The van der Waals surface area contributed by atoms with Gasteiger partial charge in [-0.3, -0.25) is 0 Å². The van der Waals surface area contributed by atoms with Crippen molar-refractivity contribution < 1.29 is 14.6 Å². The average Bonchev–Trinajstić information content (AvgIpc) is 2.38. The van der Waals surface area contributed by atoms with E-state index < -0.39 is 6.10 Å². The highest BCUT2D eigenvalue weighted by Crippen LogP contribution is 2.26. The molecule has 1 unspecified atom stereocenters. The fraction of sp³-hybridized carbons (Fsp3) is 0.571. The first-order chi connectivity index (χ1) is 9.48. The number of aliphatic hydroxyl groups is 1. The van der Waals surface area contributed by atoms with Crippen molar-refractivity contribution in [2.45, 2.75) is 13.0 Å². The molecule has 1 atom stereocenters. The minimum atomic E-state index is -0.575. The molecule has 0 amide bonds. The molecule has 1 aliphatic rings. The van der Waals surface area contributed by atoms with E-state index in [2.05, 4.69) is 12.2 Å². The minimum absolute atomic E-state index is 0.199. The van der Waals surface area contributed by atoms with Crippen molar-refractivity contribution >= 4 is 23.2 Å². The lowest BCUT2D eigenvalue weighted by Gasteiger charge is -2.38. The van der Waals surface area contributed by atoms with E-state index in [1.54, 1.807) is 18.2 Å². The van der Waals surface area contributed by atoms with Crippen molar-refractivity contribution in [1.29, 1.82) is 0 Å². The molecule has 2 N–H and O–H groups in total. The van der Waals surface area contributed by atoms with Crippen LogP contribution in [0.1, 0.15) is 6.92 Å². The number of rotatable bonds is 7. The van der Waals surface area contributed by atoms with E-state index in [1.165, 1.54) is 0 Å². The number of hydrogen-bond acceptors (Lipinski definition) is 4. The van der Waals surface area contributed by atoms with Gasteiger partial charge in [-0.15, -0.1) is 0 Å². The largest absolute Gasteiger partial charge is 0.491 e. The number of halogens is 2. The van der Waals surface area contributed by atoms with Crippen LogP contribution in [-0.4, -0.2) is 44.1 Å². The third-order valence-corrected chi connectivity index (χ3v) is 3.91. The zero-order chi connectivity index (χ0) is 14.6. The van der Waals surface area contributed by atoms with Gasteiger partial charge in [0.05, 0.1) is 23.3 Å². The van der Waals surface area contributed by atoms with Crippen molar-refractivity contribution in [3.05, 3.63) is 28.2 Å². The summed E-state index contributed by atoms with van der Waals surface area (Å²) in [5.41, 5.74) is 0.199. The highest BCUT2D eigenvalue weighted by atomic mass is 35.5. The van der Waals surface area contributed by atoms with Gasteiger partial charge in [-0.25, -0.2) is 0 Å². The molecule has 20 heavy (non-hydrogen) atoms. The number of nitrogens with one attached hydrogen (secondary N) is 1. The summed E-state index contributed by atoms with van der Waals surface area (Å²) >= 11 is 11.7. The van der Waals surface area contributed by atoms with Crippen molar-refractivity contribution in [3.63, 3.8) is 0 Å². The maximum Gasteiger partial charge on any atom is 0.121 e. The van der Waals surface area contributed by atoms with Gasteiger partial charge in [-0.1, -0.05) is 30.1 Å². The van der Waals surface area contributed by atoms with E-state index in [4.69, 9.17) is 32.7 Å².